The van der Waals surface area contributed by atoms with Crippen LogP contribution in [0.1, 0.15) is 75.0 Å². The van der Waals surface area contributed by atoms with E-state index in [0.29, 0.717) is 13.1 Å². The Hall–Kier alpha value is -2.50. The Morgan fingerprint density at radius 2 is 1.78 bits per heavy atom. The number of carbonyl (C=O) groups is 1. The minimum absolute atomic E-state index is 0.0116. The summed E-state index contributed by atoms with van der Waals surface area (Å²) in [7, 11) is -4.15. The fourth-order valence-corrected chi connectivity index (χ4v) is 7.73. The van der Waals surface area contributed by atoms with E-state index in [1.807, 2.05) is 17.2 Å². The van der Waals surface area contributed by atoms with E-state index in [0.717, 1.165) is 44.4 Å². The quantitative estimate of drug-likeness (QED) is 0.344. The summed E-state index contributed by atoms with van der Waals surface area (Å²) in [6.45, 7) is 6.19. The van der Waals surface area contributed by atoms with Gasteiger partial charge in [-0.3, -0.25) is 9.78 Å². The van der Waals surface area contributed by atoms with Crippen LogP contribution in [-0.4, -0.2) is 68.4 Å². The lowest BCUT2D eigenvalue weighted by Crippen LogP contribution is -2.45. The van der Waals surface area contributed by atoms with E-state index in [2.05, 4.69) is 20.7 Å². The summed E-state index contributed by atoms with van der Waals surface area (Å²) in [6, 6.07) is 7.30. The van der Waals surface area contributed by atoms with Gasteiger partial charge in [0.2, 0.25) is 15.9 Å². The molecule has 1 aromatic carbocycles. The zero-order valence-electron chi connectivity index (χ0n) is 23.8. The molecular formula is C30H41F3N4O3S. The molecule has 1 N–H and O–H groups in total. The Morgan fingerprint density at radius 1 is 1.05 bits per heavy atom. The molecule has 2 aliphatic heterocycles. The highest BCUT2D eigenvalue weighted by Crippen LogP contribution is 2.40. The molecule has 2 aliphatic rings. The van der Waals surface area contributed by atoms with Gasteiger partial charge in [0, 0.05) is 43.9 Å². The van der Waals surface area contributed by atoms with Gasteiger partial charge in [-0.25, -0.2) is 13.1 Å². The molecule has 2 saturated heterocycles. The molecule has 0 bridgehead atoms. The Labute approximate surface area is 241 Å². The maximum absolute atomic E-state index is 13.4. The smallest absolute Gasteiger partial charge is 0.343 e. The maximum atomic E-state index is 13.4. The molecule has 2 aromatic rings. The van der Waals surface area contributed by atoms with Crippen LogP contribution in [0.3, 0.4) is 0 Å². The second-order valence-electron chi connectivity index (χ2n) is 11.2. The number of alkyl halides is 3. The van der Waals surface area contributed by atoms with Gasteiger partial charge in [-0.15, -0.1) is 0 Å². The first-order valence-electron chi connectivity index (χ1n) is 14.7. The number of rotatable bonds is 12. The van der Waals surface area contributed by atoms with Gasteiger partial charge >= 0.3 is 6.18 Å². The number of pyridine rings is 1. The molecule has 4 rings (SSSR count). The van der Waals surface area contributed by atoms with Crippen LogP contribution in [0.5, 0.6) is 0 Å². The molecule has 0 saturated carbocycles. The lowest BCUT2D eigenvalue weighted by molar-refractivity contribution is -0.138. The Kier molecular flexibility index (Phi) is 10.5. The second kappa shape index (κ2) is 13.6. The molecular weight excluding hydrogens is 553 g/mol. The van der Waals surface area contributed by atoms with Crippen molar-refractivity contribution in [1.82, 2.24) is 19.5 Å². The molecule has 226 valence electrons. The number of piperidine rings is 1. The lowest BCUT2D eigenvalue weighted by Gasteiger charge is -2.42. The number of amides is 1. The number of nitrogens with one attached hydrogen (secondary N) is 1. The maximum Gasteiger partial charge on any atom is 0.416 e. The third-order valence-electron chi connectivity index (χ3n) is 8.62. The van der Waals surface area contributed by atoms with Crippen molar-refractivity contribution in [3.8, 4) is 0 Å². The number of sulfonamides is 1. The fourth-order valence-electron chi connectivity index (χ4n) is 6.32. The summed E-state index contributed by atoms with van der Waals surface area (Å²) in [5.41, 5.74) is 0.0162. The summed E-state index contributed by atoms with van der Waals surface area (Å²) in [4.78, 5) is 21.4. The normalized spacial score (nSPS) is 18.1. The van der Waals surface area contributed by atoms with Crippen LogP contribution in [0.25, 0.3) is 0 Å². The molecule has 1 amide bonds. The van der Waals surface area contributed by atoms with E-state index in [-0.39, 0.29) is 47.6 Å². The van der Waals surface area contributed by atoms with Crippen molar-refractivity contribution in [2.75, 3.05) is 39.3 Å². The SMILES string of the molecule is CCc1c(C(F)(F)F)cccc1S(=O)(=O)NCCCC(=O)N1CCC(CCCN2CCCC2)(c2cccnc2)CC1. The van der Waals surface area contributed by atoms with Crippen LogP contribution >= 0.6 is 0 Å². The largest absolute Gasteiger partial charge is 0.416 e. The molecule has 0 unspecified atom stereocenters. The minimum Gasteiger partial charge on any atom is -0.343 e. The highest BCUT2D eigenvalue weighted by molar-refractivity contribution is 7.89. The minimum atomic E-state index is -4.64. The summed E-state index contributed by atoms with van der Waals surface area (Å²) in [5.74, 6) is -0.0330. The second-order valence-corrected chi connectivity index (χ2v) is 12.9. The summed E-state index contributed by atoms with van der Waals surface area (Å²) >= 11 is 0. The lowest BCUT2D eigenvalue weighted by atomic mass is 9.70. The zero-order valence-corrected chi connectivity index (χ0v) is 24.6. The number of likely N-dealkylation sites (tertiary alicyclic amines) is 2. The fraction of sp³-hybridized carbons (Fsp3) is 0.600. The number of halogens is 3. The van der Waals surface area contributed by atoms with Gasteiger partial charge in [-0.1, -0.05) is 19.1 Å². The third-order valence-corrected chi connectivity index (χ3v) is 10.2. The molecule has 2 fully saturated rings. The number of benzene rings is 1. The van der Waals surface area contributed by atoms with Crippen LogP contribution in [0.4, 0.5) is 13.2 Å². The van der Waals surface area contributed by atoms with Crippen molar-refractivity contribution >= 4 is 15.9 Å². The van der Waals surface area contributed by atoms with Crippen molar-refractivity contribution in [2.24, 2.45) is 0 Å². The van der Waals surface area contributed by atoms with Crippen LogP contribution in [-0.2, 0) is 32.8 Å². The van der Waals surface area contributed by atoms with Crippen molar-refractivity contribution in [2.45, 2.75) is 81.2 Å². The van der Waals surface area contributed by atoms with Crippen molar-refractivity contribution < 1.29 is 26.4 Å². The van der Waals surface area contributed by atoms with E-state index >= 15 is 0 Å². The number of nitrogens with zero attached hydrogens (tertiary/aromatic N) is 3. The van der Waals surface area contributed by atoms with Gasteiger partial charge < -0.3 is 9.80 Å². The van der Waals surface area contributed by atoms with E-state index in [1.165, 1.54) is 44.5 Å². The van der Waals surface area contributed by atoms with Gasteiger partial charge in [0.1, 0.15) is 0 Å². The highest BCUT2D eigenvalue weighted by Gasteiger charge is 2.38. The average Bonchev–Trinajstić information content (AvgIpc) is 3.49. The predicted octanol–water partition coefficient (Wildman–Crippen LogP) is 5.16. The van der Waals surface area contributed by atoms with Gasteiger partial charge in [-0.05, 0) is 100 Å². The van der Waals surface area contributed by atoms with Crippen molar-refractivity contribution in [1.29, 1.82) is 0 Å². The van der Waals surface area contributed by atoms with Gasteiger partial charge in [0.05, 0.1) is 10.5 Å². The Bertz CT molecular complexity index is 1260. The van der Waals surface area contributed by atoms with E-state index in [1.54, 1.807) is 6.20 Å². The van der Waals surface area contributed by atoms with E-state index in [9.17, 15) is 26.4 Å². The first-order chi connectivity index (χ1) is 19.6. The third kappa shape index (κ3) is 7.87. The number of hydrogen-bond acceptors (Lipinski definition) is 5. The number of aromatic nitrogens is 1. The molecule has 7 nitrogen and oxygen atoms in total. The van der Waals surface area contributed by atoms with E-state index < -0.39 is 21.8 Å². The summed E-state index contributed by atoms with van der Waals surface area (Å²) in [6.07, 6.45) is 5.87. The number of carbonyl (C=O) groups excluding carboxylic acids is 1. The predicted molar refractivity (Wildman–Crippen MR) is 152 cm³/mol. The summed E-state index contributed by atoms with van der Waals surface area (Å²) < 4.78 is 68.2. The first-order valence-corrected chi connectivity index (χ1v) is 16.1. The molecule has 0 radical (unpaired) electrons. The van der Waals surface area contributed by atoms with Crippen molar-refractivity contribution in [3.63, 3.8) is 0 Å². The van der Waals surface area contributed by atoms with Crippen molar-refractivity contribution in [3.05, 3.63) is 59.4 Å². The number of hydrogen-bond donors (Lipinski definition) is 1. The summed E-state index contributed by atoms with van der Waals surface area (Å²) in [5, 5.41) is 0. The Morgan fingerprint density at radius 3 is 2.41 bits per heavy atom. The van der Waals surface area contributed by atoms with E-state index in [4.69, 9.17) is 0 Å². The average molecular weight is 595 g/mol. The topological polar surface area (TPSA) is 82.6 Å². The Balaban J connectivity index is 1.29. The molecule has 0 atom stereocenters. The standard InChI is InChI=1S/C30H41F3N4O3S/c1-2-25-26(30(31,32)33)10-5-11-27(25)41(39,40)35-17-7-12-28(38)37-21-14-29(15-22-37,24-9-6-16-34-23-24)13-8-20-36-18-3-4-19-36/h5-6,9-11,16,23,35H,2-4,7-8,12-15,17-22H2,1H3. The highest BCUT2D eigenvalue weighted by atomic mass is 32.2. The van der Waals surface area contributed by atoms with Crippen LogP contribution in [0.15, 0.2) is 47.6 Å². The van der Waals surface area contributed by atoms with Gasteiger partial charge in [-0.2, -0.15) is 13.2 Å². The monoisotopic (exact) mass is 594 g/mol. The molecule has 11 heteroatoms. The first kappa shape index (κ1) is 31.4. The zero-order chi connectivity index (χ0) is 29.5. The van der Waals surface area contributed by atoms with Crippen LogP contribution < -0.4 is 4.72 Å². The van der Waals surface area contributed by atoms with Crippen LogP contribution in [0, 0.1) is 0 Å². The molecule has 1 aromatic heterocycles. The molecule has 41 heavy (non-hydrogen) atoms. The van der Waals surface area contributed by atoms with Crippen LogP contribution in [0.2, 0.25) is 0 Å². The van der Waals surface area contributed by atoms with Gasteiger partial charge in [0.15, 0.2) is 0 Å². The molecule has 0 spiro atoms. The van der Waals surface area contributed by atoms with Gasteiger partial charge in [0.25, 0.3) is 0 Å². The molecule has 0 aliphatic carbocycles. The molecule has 3 heterocycles.